The Morgan fingerprint density at radius 2 is 2.40 bits per heavy atom. The number of nitrogens with two attached hydrogens (primary N) is 1. The van der Waals surface area contributed by atoms with Gasteiger partial charge in [-0.05, 0) is 0 Å². The molecular weight excluding hydrogens is 156 g/mol. The maximum Gasteiger partial charge on any atom is 0.292 e. The number of aromatic amines is 1. The Morgan fingerprint density at radius 1 is 1.70 bits per heavy atom. The standard InChI is InChI=1S/C4H6N4O.ClH/c5-8-3-4(9)7-2-1-6-3;/h1-2H,5H2,(H,6,8)(H,7,9);1H. The highest BCUT2D eigenvalue weighted by molar-refractivity contribution is 5.85. The number of halogens is 1. The number of hydrazine groups is 1. The summed E-state index contributed by atoms with van der Waals surface area (Å²) in [6.45, 7) is 0. The lowest BCUT2D eigenvalue weighted by molar-refractivity contribution is 1.11. The van der Waals surface area contributed by atoms with E-state index in [-0.39, 0.29) is 23.8 Å². The second-order valence-electron chi connectivity index (χ2n) is 1.41. The van der Waals surface area contributed by atoms with Crippen molar-refractivity contribution in [1.29, 1.82) is 0 Å². The largest absolute Gasteiger partial charge is 0.324 e. The van der Waals surface area contributed by atoms with Crippen LogP contribution < -0.4 is 16.8 Å². The van der Waals surface area contributed by atoms with Crippen LogP contribution in [-0.4, -0.2) is 9.97 Å². The van der Waals surface area contributed by atoms with Crippen LogP contribution in [0, 0.1) is 0 Å². The summed E-state index contributed by atoms with van der Waals surface area (Å²) in [5, 5.41) is 0. The summed E-state index contributed by atoms with van der Waals surface area (Å²) < 4.78 is 0. The molecule has 0 aliphatic rings. The van der Waals surface area contributed by atoms with E-state index in [0.29, 0.717) is 0 Å². The minimum absolute atomic E-state index is 0. The van der Waals surface area contributed by atoms with Gasteiger partial charge in [-0.25, -0.2) is 10.8 Å². The molecule has 0 radical (unpaired) electrons. The molecule has 0 amide bonds. The number of H-pyrrole nitrogens is 1. The van der Waals surface area contributed by atoms with Crippen molar-refractivity contribution in [3.8, 4) is 0 Å². The average molecular weight is 163 g/mol. The summed E-state index contributed by atoms with van der Waals surface area (Å²) in [5.41, 5.74) is 1.82. The second-order valence-corrected chi connectivity index (χ2v) is 1.41. The molecule has 1 aromatic rings. The Hall–Kier alpha value is -1.07. The van der Waals surface area contributed by atoms with Crippen LogP contribution in [0.4, 0.5) is 5.82 Å². The maximum atomic E-state index is 10.6. The van der Waals surface area contributed by atoms with Gasteiger partial charge in [0.05, 0.1) is 0 Å². The zero-order valence-electron chi connectivity index (χ0n) is 5.00. The van der Waals surface area contributed by atoms with Crippen molar-refractivity contribution in [1.82, 2.24) is 9.97 Å². The molecule has 0 atom stereocenters. The number of nitrogen functional groups attached to an aromatic ring is 1. The molecule has 10 heavy (non-hydrogen) atoms. The Labute approximate surface area is 63.0 Å². The molecule has 0 saturated carbocycles. The SMILES string of the molecule is Cl.NNc1ncc[nH]c1=O. The lowest BCUT2D eigenvalue weighted by atomic mass is 10.7. The lowest BCUT2D eigenvalue weighted by Crippen LogP contribution is -2.19. The second kappa shape index (κ2) is 3.86. The van der Waals surface area contributed by atoms with Gasteiger partial charge < -0.3 is 10.4 Å². The summed E-state index contributed by atoms with van der Waals surface area (Å²) >= 11 is 0. The first-order chi connectivity index (χ1) is 4.34. The van der Waals surface area contributed by atoms with Crippen molar-refractivity contribution in [2.75, 3.05) is 5.43 Å². The molecule has 0 saturated heterocycles. The van der Waals surface area contributed by atoms with E-state index in [1.807, 2.05) is 0 Å². The molecule has 0 aromatic carbocycles. The summed E-state index contributed by atoms with van der Waals surface area (Å²) in [7, 11) is 0. The van der Waals surface area contributed by atoms with Gasteiger partial charge in [-0.1, -0.05) is 0 Å². The monoisotopic (exact) mass is 162 g/mol. The normalized spacial score (nSPS) is 8.10. The first kappa shape index (κ1) is 8.93. The van der Waals surface area contributed by atoms with Gasteiger partial charge in [0, 0.05) is 12.4 Å². The van der Waals surface area contributed by atoms with Gasteiger partial charge in [0.2, 0.25) is 5.82 Å². The van der Waals surface area contributed by atoms with Crippen LogP contribution in [0.3, 0.4) is 0 Å². The van der Waals surface area contributed by atoms with E-state index in [1.54, 1.807) is 0 Å². The number of hydrogen-bond donors (Lipinski definition) is 3. The summed E-state index contributed by atoms with van der Waals surface area (Å²) in [5.74, 6) is 5.04. The minimum Gasteiger partial charge on any atom is -0.324 e. The molecular formula is C4H7ClN4O. The third kappa shape index (κ3) is 1.71. The Bertz CT molecular complexity index is 247. The number of nitrogens with zero attached hydrogens (tertiary/aromatic N) is 1. The van der Waals surface area contributed by atoms with E-state index in [9.17, 15) is 4.79 Å². The Morgan fingerprint density at radius 3 is 2.80 bits per heavy atom. The van der Waals surface area contributed by atoms with E-state index in [0.717, 1.165) is 0 Å². The number of aromatic nitrogens is 2. The van der Waals surface area contributed by atoms with Gasteiger partial charge in [0.25, 0.3) is 5.56 Å². The predicted octanol–water partition coefficient (Wildman–Crippen LogP) is -0.523. The van der Waals surface area contributed by atoms with Crippen LogP contribution in [0.25, 0.3) is 0 Å². The van der Waals surface area contributed by atoms with Crippen LogP contribution in [0.2, 0.25) is 0 Å². The molecule has 6 heteroatoms. The fourth-order valence-electron chi connectivity index (χ4n) is 0.455. The molecule has 0 spiro atoms. The van der Waals surface area contributed by atoms with Crippen molar-refractivity contribution in [2.24, 2.45) is 5.84 Å². The molecule has 5 nitrogen and oxygen atoms in total. The molecule has 4 N–H and O–H groups in total. The fourth-order valence-corrected chi connectivity index (χ4v) is 0.455. The Balaban J connectivity index is 0.000000810. The third-order valence-electron chi connectivity index (χ3n) is 0.844. The van der Waals surface area contributed by atoms with Gasteiger partial charge in [-0.15, -0.1) is 12.4 Å². The fraction of sp³-hybridized carbons (Fsp3) is 0. The van der Waals surface area contributed by atoms with Crippen LogP contribution >= 0.6 is 12.4 Å². The zero-order valence-corrected chi connectivity index (χ0v) is 5.81. The van der Waals surface area contributed by atoms with Gasteiger partial charge in [0.15, 0.2) is 0 Å². The molecule has 1 rings (SSSR count). The molecule has 0 unspecified atom stereocenters. The Kier molecular flexibility index (Phi) is 3.45. The van der Waals surface area contributed by atoms with E-state index in [1.165, 1.54) is 12.4 Å². The highest BCUT2D eigenvalue weighted by atomic mass is 35.5. The summed E-state index contributed by atoms with van der Waals surface area (Å²) in [4.78, 5) is 16.6. The van der Waals surface area contributed by atoms with Crippen LogP contribution in [0.1, 0.15) is 0 Å². The van der Waals surface area contributed by atoms with Gasteiger partial charge in [-0.2, -0.15) is 0 Å². The van der Waals surface area contributed by atoms with Crippen molar-refractivity contribution >= 4 is 18.2 Å². The van der Waals surface area contributed by atoms with E-state index in [4.69, 9.17) is 5.84 Å². The van der Waals surface area contributed by atoms with Crippen molar-refractivity contribution in [3.05, 3.63) is 22.7 Å². The molecule has 1 aromatic heterocycles. The predicted molar refractivity (Wildman–Crippen MR) is 39.9 cm³/mol. The average Bonchev–Trinajstić information content (AvgIpc) is 1.89. The summed E-state index contributed by atoms with van der Waals surface area (Å²) in [6.07, 6.45) is 2.87. The van der Waals surface area contributed by atoms with Crippen LogP contribution in [0.5, 0.6) is 0 Å². The van der Waals surface area contributed by atoms with Crippen molar-refractivity contribution < 1.29 is 0 Å². The first-order valence-electron chi connectivity index (χ1n) is 2.35. The number of hydrogen-bond acceptors (Lipinski definition) is 4. The molecule has 0 aliphatic carbocycles. The van der Waals surface area contributed by atoms with Crippen molar-refractivity contribution in [3.63, 3.8) is 0 Å². The smallest absolute Gasteiger partial charge is 0.292 e. The van der Waals surface area contributed by atoms with Crippen LogP contribution in [-0.2, 0) is 0 Å². The molecule has 0 fully saturated rings. The zero-order chi connectivity index (χ0) is 6.69. The number of nitrogens with one attached hydrogen (secondary N) is 2. The van der Waals surface area contributed by atoms with E-state index < -0.39 is 0 Å². The highest BCUT2D eigenvalue weighted by Crippen LogP contribution is 1.82. The van der Waals surface area contributed by atoms with Gasteiger partial charge in [0.1, 0.15) is 0 Å². The lowest BCUT2D eigenvalue weighted by Gasteiger charge is -1.92. The van der Waals surface area contributed by atoms with E-state index >= 15 is 0 Å². The van der Waals surface area contributed by atoms with Gasteiger partial charge >= 0.3 is 0 Å². The van der Waals surface area contributed by atoms with Gasteiger partial charge in [-0.3, -0.25) is 4.79 Å². The first-order valence-corrected chi connectivity index (χ1v) is 2.35. The number of rotatable bonds is 1. The van der Waals surface area contributed by atoms with E-state index in [2.05, 4.69) is 15.4 Å². The highest BCUT2D eigenvalue weighted by Gasteiger charge is 1.91. The quantitative estimate of drug-likeness (QED) is 0.383. The minimum atomic E-state index is -0.319. The molecule has 1 heterocycles. The molecule has 0 aliphatic heterocycles. The van der Waals surface area contributed by atoms with Crippen molar-refractivity contribution in [2.45, 2.75) is 0 Å². The third-order valence-corrected chi connectivity index (χ3v) is 0.844. The number of anilines is 1. The summed E-state index contributed by atoms with van der Waals surface area (Å²) in [6, 6.07) is 0. The maximum absolute atomic E-state index is 10.6. The molecule has 0 bridgehead atoms. The van der Waals surface area contributed by atoms with Crippen LogP contribution in [0.15, 0.2) is 17.2 Å². The topological polar surface area (TPSA) is 83.8 Å². The molecule has 56 valence electrons.